The Balaban J connectivity index is 1.37. The Labute approximate surface area is 178 Å². The molecule has 0 bridgehead atoms. The Morgan fingerprint density at radius 1 is 0.935 bits per heavy atom. The molecular weight excluding hydrogens is 392 g/mol. The molecule has 0 unspecified atom stereocenters. The van der Waals surface area contributed by atoms with Crippen LogP contribution in [0.2, 0.25) is 0 Å². The van der Waals surface area contributed by atoms with Crippen molar-refractivity contribution in [3.63, 3.8) is 0 Å². The highest BCUT2D eigenvalue weighted by Crippen LogP contribution is 2.29. The van der Waals surface area contributed by atoms with Crippen LogP contribution < -0.4 is 10.3 Å². The zero-order valence-electron chi connectivity index (χ0n) is 17.1. The van der Waals surface area contributed by atoms with Crippen LogP contribution in [-0.4, -0.2) is 19.3 Å². The zero-order chi connectivity index (χ0) is 21.4. The van der Waals surface area contributed by atoms with Crippen LogP contribution in [0, 0.1) is 0 Å². The maximum Gasteiger partial charge on any atom is 0.250 e. The molecule has 0 aliphatic carbocycles. The Hall–Kier alpha value is -4.13. The molecule has 3 heterocycles. The van der Waals surface area contributed by atoms with Gasteiger partial charge in [0.05, 0.1) is 0 Å². The minimum Gasteiger partial charge on any atom is -0.487 e. The number of oxazole rings is 1. The minimum atomic E-state index is -0.0492. The molecular formula is C24H20N4O3. The highest BCUT2D eigenvalue weighted by atomic mass is 16.5. The molecule has 7 heteroatoms. The van der Waals surface area contributed by atoms with E-state index in [1.807, 2.05) is 68.0 Å². The van der Waals surface area contributed by atoms with E-state index >= 15 is 0 Å². The number of ether oxygens (including phenoxy) is 1. The van der Waals surface area contributed by atoms with Gasteiger partial charge in [-0.1, -0.05) is 24.3 Å². The monoisotopic (exact) mass is 412 g/mol. The van der Waals surface area contributed by atoms with Gasteiger partial charge >= 0.3 is 0 Å². The number of aromatic nitrogens is 4. The minimum absolute atomic E-state index is 0.0492. The van der Waals surface area contributed by atoms with Crippen molar-refractivity contribution >= 4 is 11.1 Å². The maximum absolute atomic E-state index is 11.7. The summed E-state index contributed by atoms with van der Waals surface area (Å²) in [6.45, 7) is 0.317. The zero-order valence-corrected chi connectivity index (χ0v) is 17.1. The average molecular weight is 412 g/mol. The molecule has 0 fully saturated rings. The third-order valence-corrected chi connectivity index (χ3v) is 5.20. The predicted molar refractivity (Wildman–Crippen MR) is 118 cm³/mol. The Morgan fingerprint density at radius 3 is 2.55 bits per heavy atom. The van der Waals surface area contributed by atoms with E-state index in [1.54, 1.807) is 22.4 Å². The number of hydrogen-bond acceptors (Lipinski definition) is 5. The number of fused-ring (bicyclic) bond motifs is 1. The van der Waals surface area contributed by atoms with Gasteiger partial charge in [0.1, 0.15) is 23.6 Å². The van der Waals surface area contributed by atoms with Crippen molar-refractivity contribution in [3.05, 3.63) is 89.4 Å². The first kappa shape index (κ1) is 18.9. The lowest BCUT2D eigenvalue weighted by molar-refractivity contribution is 0.300. The van der Waals surface area contributed by atoms with Gasteiger partial charge in [0, 0.05) is 49.2 Å². The van der Waals surface area contributed by atoms with Gasteiger partial charge in [0.25, 0.3) is 0 Å². The topological polar surface area (TPSA) is 75.1 Å². The van der Waals surface area contributed by atoms with Crippen LogP contribution >= 0.6 is 0 Å². The molecule has 0 radical (unpaired) electrons. The fourth-order valence-electron chi connectivity index (χ4n) is 3.64. The summed E-state index contributed by atoms with van der Waals surface area (Å²) in [5.41, 5.74) is 6.27. The maximum atomic E-state index is 11.7. The summed E-state index contributed by atoms with van der Waals surface area (Å²) in [7, 11) is 3.60. The molecule has 0 amide bonds. The normalized spacial score (nSPS) is 11.2. The Kier molecular flexibility index (Phi) is 4.63. The van der Waals surface area contributed by atoms with Crippen molar-refractivity contribution in [1.29, 1.82) is 0 Å². The van der Waals surface area contributed by atoms with Gasteiger partial charge in [0.15, 0.2) is 12.0 Å². The summed E-state index contributed by atoms with van der Waals surface area (Å²) in [4.78, 5) is 16.0. The number of benzene rings is 2. The van der Waals surface area contributed by atoms with Crippen molar-refractivity contribution in [2.24, 2.45) is 14.1 Å². The second kappa shape index (κ2) is 7.60. The van der Waals surface area contributed by atoms with Crippen molar-refractivity contribution in [3.8, 4) is 28.0 Å². The van der Waals surface area contributed by atoms with E-state index in [9.17, 15) is 4.79 Å². The van der Waals surface area contributed by atoms with Crippen molar-refractivity contribution in [2.75, 3.05) is 0 Å². The molecule has 0 N–H and O–H groups in total. The molecule has 0 spiro atoms. The fourth-order valence-corrected chi connectivity index (χ4v) is 3.64. The highest BCUT2D eigenvalue weighted by Gasteiger charge is 2.12. The molecule has 31 heavy (non-hydrogen) atoms. The van der Waals surface area contributed by atoms with Crippen LogP contribution in [-0.2, 0) is 20.7 Å². The lowest BCUT2D eigenvalue weighted by Crippen LogP contribution is -2.14. The molecule has 0 saturated carbocycles. The number of rotatable bonds is 5. The first-order valence-corrected chi connectivity index (χ1v) is 9.83. The van der Waals surface area contributed by atoms with E-state index in [1.165, 1.54) is 6.39 Å². The number of para-hydroxylation sites is 1. The van der Waals surface area contributed by atoms with Gasteiger partial charge in [-0.3, -0.25) is 9.48 Å². The molecule has 7 nitrogen and oxygen atoms in total. The van der Waals surface area contributed by atoms with Crippen LogP contribution in [0.1, 0.15) is 5.69 Å². The van der Waals surface area contributed by atoms with E-state index in [0.717, 1.165) is 44.8 Å². The molecule has 5 aromatic rings. The standard InChI is InChI=1S/C24H20N4O3/c1-27-12-17(8-11-23(27)29)20-13-28(2)26-21(20)14-30-18-9-6-16(7-10-18)19-4-3-5-22-24(19)25-15-31-22/h3-13,15H,14H2,1-2H3. The van der Waals surface area contributed by atoms with Gasteiger partial charge in [0.2, 0.25) is 5.56 Å². The van der Waals surface area contributed by atoms with Gasteiger partial charge in [-0.15, -0.1) is 0 Å². The summed E-state index contributed by atoms with van der Waals surface area (Å²) in [6, 6.07) is 17.1. The van der Waals surface area contributed by atoms with Gasteiger partial charge in [-0.25, -0.2) is 4.98 Å². The Morgan fingerprint density at radius 2 is 1.74 bits per heavy atom. The van der Waals surface area contributed by atoms with E-state index in [-0.39, 0.29) is 5.56 Å². The van der Waals surface area contributed by atoms with Crippen LogP contribution in [0.3, 0.4) is 0 Å². The highest BCUT2D eigenvalue weighted by molar-refractivity contribution is 5.90. The van der Waals surface area contributed by atoms with Crippen LogP contribution in [0.4, 0.5) is 0 Å². The molecule has 0 atom stereocenters. The lowest BCUT2D eigenvalue weighted by Gasteiger charge is -2.08. The van der Waals surface area contributed by atoms with Crippen molar-refractivity contribution < 1.29 is 9.15 Å². The van der Waals surface area contributed by atoms with Gasteiger partial charge < -0.3 is 13.7 Å². The van der Waals surface area contributed by atoms with E-state index < -0.39 is 0 Å². The summed E-state index contributed by atoms with van der Waals surface area (Å²) in [6.07, 6.45) is 5.20. The third kappa shape index (κ3) is 3.61. The first-order valence-electron chi connectivity index (χ1n) is 9.83. The van der Waals surface area contributed by atoms with Gasteiger partial charge in [-0.2, -0.15) is 5.10 Å². The van der Waals surface area contributed by atoms with Crippen molar-refractivity contribution in [1.82, 2.24) is 19.3 Å². The summed E-state index contributed by atoms with van der Waals surface area (Å²) >= 11 is 0. The molecule has 154 valence electrons. The number of hydrogen-bond donors (Lipinski definition) is 0. The fraction of sp³-hybridized carbons (Fsp3) is 0.125. The molecule has 3 aromatic heterocycles. The van der Waals surface area contributed by atoms with Crippen LogP contribution in [0.15, 0.2) is 82.6 Å². The largest absolute Gasteiger partial charge is 0.487 e. The molecule has 2 aromatic carbocycles. The van der Waals surface area contributed by atoms with Crippen LogP contribution in [0.5, 0.6) is 5.75 Å². The van der Waals surface area contributed by atoms with E-state index in [4.69, 9.17) is 9.15 Å². The average Bonchev–Trinajstić information content (AvgIpc) is 3.41. The smallest absolute Gasteiger partial charge is 0.250 e. The summed E-state index contributed by atoms with van der Waals surface area (Å²) in [5, 5.41) is 4.53. The molecule has 0 aliphatic rings. The Bertz CT molecular complexity index is 1430. The predicted octanol–water partition coefficient (Wildman–Crippen LogP) is 4.17. The molecule has 0 aliphatic heterocycles. The summed E-state index contributed by atoms with van der Waals surface area (Å²) < 4.78 is 14.7. The van der Waals surface area contributed by atoms with Crippen LogP contribution in [0.25, 0.3) is 33.4 Å². The number of aryl methyl sites for hydroxylation is 2. The molecule has 5 rings (SSSR count). The first-order chi connectivity index (χ1) is 15.1. The van der Waals surface area contributed by atoms with Gasteiger partial charge in [-0.05, 0) is 29.8 Å². The number of pyridine rings is 1. The second-order valence-electron chi connectivity index (χ2n) is 7.35. The number of nitrogens with zero attached hydrogens (tertiary/aromatic N) is 4. The molecule has 0 saturated heterocycles. The van der Waals surface area contributed by atoms with E-state index in [0.29, 0.717) is 6.61 Å². The quantitative estimate of drug-likeness (QED) is 0.433. The summed E-state index contributed by atoms with van der Waals surface area (Å²) in [5.74, 6) is 0.744. The lowest BCUT2D eigenvalue weighted by atomic mass is 10.0. The second-order valence-corrected chi connectivity index (χ2v) is 7.35. The van der Waals surface area contributed by atoms with Crippen molar-refractivity contribution in [2.45, 2.75) is 6.61 Å². The van der Waals surface area contributed by atoms with E-state index in [2.05, 4.69) is 10.1 Å². The SMILES string of the molecule is Cn1cc(-c2ccc(=O)n(C)c2)c(COc2ccc(-c3cccc4ocnc34)cc2)n1. The third-order valence-electron chi connectivity index (χ3n) is 5.20.